The summed E-state index contributed by atoms with van der Waals surface area (Å²) < 4.78 is 11.6. The van der Waals surface area contributed by atoms with Gasteiger partial charge in [-0.25, -0.2) is 0 Å². The monoisotopic (exact) mass is 433 g/mol. The molecule has 176 valence electrons. The van der Waals surface area contributed by atoms with Crippen molar-refractivity contribution < 1.29 is 19.4 Å². The van der Waals surface area contributed by atoms with Gasteiger partial charge in [0.25, 0.3) is 5.91 Å². The molecule has 2 saturated heterocycles. The Bertz CT molecular complexity index is 693. The van der Waals surface area contributed by atoms with Crippen LogP contribution in [0, 0.1) is 23.2 Å². The highest BCUT2D eigenvalue weighted by molar-refractivity contribution is 5.82. The summed E-state index contributed by atoms with van der Waals surface area (Å²) in [5.41, 5.74) is -0.668. The molecule has 1 amide bonds. The fraction of sp³-hybridized carbons (Fsp3) is 0.962. The lowest BCUT2D eigenvalue weighted by Gasteiger charge is -2.66. The lowest BCUT2D eigenvalue weighted by Crippen LogP contribution is -2.68. The first kappa shape index (κ1) is 22.2. The van der Waals surface area contributed by atoms with Gasteiger partial charge in [0, 0.05) is 32.2 Å². The third-order valence-electron chi connectivity index (χ3n) is 10.7. The Morgan fingerprint density at radius 2 is 1.84 bits per heavy atom. The molecule has 3 saturated carbocycles. The number of hydrogen-bond acceptors (Lipinski definition) is 4. The molecule has 5 aliphatic rings. The first-order chi connectivity index (χ1) is 14.8. The third-order valence-corrected chi connectivity index (χ3v) is 10.7. The summed E-state index contributed by atoms with van der Waals surface area (Å²) in [5.74, 6) is 1.98. The lowest BCUT2D eigenvalue weighted by molar-refractivity contribution is -0.229. The van der Waals surface area contributed by atoms with Crippen molar-refractivity contribution in [3.05, 3.63) is 0 Å². The first-order valence-electron chi connectivity index (χ1n) is 13.0. The maximum atomic E-state index is 13.5. The number of carbonyl (C=O) groups is 1. The highest BCUT2D eigenvalue weighted by Crippen LogP contribution is 2.65. The van der Waals surface area contributed by atoms with Crippen molar-refractivity contribution in [3.63, 3.8) is 0 Å². The molecule has 0 spiro atoms. The number of fused-ring (bicyclic) bond motifs is 5. The minimum Gasteiger partial charge on any atom is -0.389 e. The van der Waals surface area contributed by atoms with Gasteiger partial charge in [-0.05, 0) is 101 Å². The van der Waals surface area contributed by atoms with E-state index in [0.717, 1.165) is 83.8 Å². The molecule has 0 bridgehead atoms. The molecule has 3 aliphatic carbocycles. The maximum absolute atomic E-state index is 13.5. The second-order valence-electron chi connectivity index (χ2n) is 11.8. The van der Waals surface area contributed by atoms with Gasteiger partial charge in [0.15, 0.2) is 0 Å². The highest BCUT2D eigenvalue weighted by atomic mass is 16.5. The summed E-state index contributed by atoms with van der Waals surface area (Å²) in [7, 11) is 1.79. The molecule has 5 fully saturated rings. The average Bonchev–Trinajstić information content (AvgIpc) is 2.78. The number of likely N-dealkylation sites (tertiary alicyclic amines) is 1. The van der Waals surface area contributed by atoms with E-state index < -0.39 is 5.60 Å². The van der Waals surface area contributed by atoms with Crippen LogP contribution in [0.25, 0.3) is 0 Å². The summed E-state index contributed by atoms with van der Waals surface area (Å²) in [6.07, 6.45) is 12.5. The molecule has 1 N–H and O–H groups in total. The topological polar surface area (TPSA) is 59.0 Å². The van der Waals surface area contributed by atoms with E-state index in [4.69, 9.17) is 9.47 Å². The Kier molecular flexibility index (Phi) is 5.71. The van der Waals surface area contributed by atoms with Crippen molar-refractivity contribution in [1.82, 2.24) is 4.90 Å². The lowest BCUT2D eigenvalue weighted by atomic mass is 9.43. The van der Waals surface area contributed by atoms with Crippen LogP contribution < -0.4 is 0 Å². The van der Waals surface area contributed by atoms with Gasteiger partial charge in [0.05, 0.1) is 11.7 Å². The predicted molar refractivity (Wildman–Crippen MR) is 120 cm³/mol. The normalized spacial score (nSPS) is 50.2. The minimum absolute atomic E-state index is 0.0228. The summed E-state index contributed by atoms with van der Waals surface area (Å²) in [6.45, 7) is 6.37. The summed E-state index contributed by atoms with van der Waals surface area (Å²) >= 11 is 0. The molecule has 0 aromatic rings. The Labute approximate surface area is 188 Å². The average molecular weight is 434 g/mol. The smallest absolute Gasteiger partial charge is 0.252 e. The van der Waals surface area contributed by atoms with Crippen molar-refractivity contribution >= 4 is 5.91 Å². The van der Waals surface area contributed by atoms with E-state index in [9.17, 15) is 9.90 Å². The van der Waals surface area contributed by atoms with Gasteiger partial charge in [0.1, 0.15) is 6.10 Å². The van der Waals surface area contributed by atoms with E-state index in [1.54, 1.807) is 7.11 Å². The minimum atomic E-state index is -0.596. The number of methoxy groups -OCH3 is 1. The fourth-order valence-electron chi connectivity index (χ4n) is 8.77. The first-order valence-corrected chi connectivity index (χ1v) is 13.0. The van der Waals surface area contributed by atoms with Crippen LogP contribution in [-0.2, 0) is 14.3 Å². The van der Waals surface area contributed by atoms with Crippen molar-refractivity contribution in [2.75, 3.05) is 20.3 Å². The largest absolute Gasteiger partial charge is 0.389 e. The van der Waals surface area contributed by atoms with Crippen molar-refractivity contribution in [2.45, 2.75) is 114 Å². The summed E-state index contributed by atoms with van der Waals surface area (Å²) in [4.78, 5) is 15.8. The van der Waals surface area contributed by atoms with Gasteiger partial charge < -0.3 is 19.5 Å². The fourth-order valence-corrected chi connectivity index (χ4v) is 8.77. The van der Waals surface area contributed by atoms with Crippen molar-refractivity contribution in [3.8, 4) is 0 Å². The molecule has 5 rings (SSSR count). The molecule has 5 heteroatoms. The maximum Gasteiger partial charge on any atom is 0.252 e. The molecule has 8 atom stereocenters. The van der Waals surface area contributed by atoms with E-state index in [0.29, 0.717) is 17.8 Å². The van der Waals surface area contributed by atoms with Crippen LogP contribution in [0.3, 0.4) is 0 Å². The van der Waals surface area contributed by atoms with Crippen molar-refractivity contribution in [1.29, 1.82) is 0 Å². The summed E-state index contributed by atoms with van der Waals surface area (Å²) in [6, 6.07) is 0. The van der Waals surface area contributed by atoms with Gasteiger partial charge in [-0.1, -0.05) is 6.92 Å². The van der Waals surface area contributed by atoms with E-state index in [1.807, 2.05) is 0 Å². The molecule has 2 heterocycles. The van der Waals surface area contributed by atoms with Gasteiger partial charge in [-0.3, -0.25) is 4.79 Å². The van der Waals surface area contributed by atoms with E-state index in [1.165, 1.54) is 6.42 Å². The van der Waals surface area contributed by atoms with Crippen LogP contribution in [0.4, 0.5) is 0 Å². The van der Waals surface area contributed by atoms with E-state index >= 15 is 0 Å². The van der Waals surface area contributed by atoms with Crippen LogP contribution in [0.5, 0.6) is 0 Å². The number of ether oxygens (including phenoxy) is 2. The quantitative estimate of drug-likeness (QED) is 0.705. The number of rotatable bonds is 2. The Morgan fingerprint density at radius 3 is 2.58 bits per heavy atom. The molecule has 2 aliphatic heterocycles. The number of piperidine rings is 1. The molecule has 0 aromatic heterocycles. The molecule has 5 nitrogen and oxygen atoms in total. The third kappa shape index (κ3) is 3.32. The molecular formula is C26H43NO4. The van der Waals surface area contributed by atoms with Gasteiger partial charge in [-0.15, -0.1) is 0 Å². The number of hydrogen-bond donors (Lipinski definition) is 1. The van der Waals surface area contributed by atoms with Crippen LogP contribution in [-0.4, -0.2) is 59.5 Å². The molecule has 0 aromatic carbocycles. The van der Waals surface area contributed by atoms with E-state index in [-0.39, 0.29) is 29.1 Å². The number of nitrogens with zero attached hydrogens (tertiary/aromatic N) is 1. The zero-order chi connectivity index (χ0) is 21.9. The predicted octanol–water partition coefficient (Wildman–Crippen LogP) is 4.31. The Balaban J connectivity index is 1.39. The van der Waals surface area contributed by atoms with Crippen LogP contribution in [0.15, 0.2) is 0 Å². The zero-order valence-electron chi connectivity index (χ0n) is 19.9. The Hall–Kier alpha value is -0.650. The van der Waals surface area contributed by atoms with Crippen molar-refractivity contribution in [2.24, 2.45) is 23.2 Å². The van der Waals surface area contributed by atoms with Gasteiger partial charge in [-0.2, -0.15) is 0 Å². The number of carbonyl (C=O) groups excluding carboxylic acids is 1. The molecule has 0 radical (unpaired) electrons. The van der Waals surface area contributed by atoms with Gasteiger partial charge in [0.2, 0.25) is 0 Å². The number of aliphatic hydroxyl groups is 1. The van der Waals surface area contributed by atoms with E-state index in [2.05, 4.69) is 18.7 Å². The molecule has 31 heavy (non-hydrogen) atoms. The molecule has 1 unspecified atom stereocenters. The Morgan fingerprint density at radius 1 is 1.00 bits per heavy atom. The summed E-state index contributed by atoms with van der Waals surface area (Å²) in [5, 5.41) is 11.8. The van der Waals surface area contributed by atoms with Crippen LogP contribution >= 0.6 is 0 Å². The zero-order valence-corrected chi connectivity index (χ0v) is 19.9. The second-order valence-corrected chi connectivity index (χ2v) is 11.8. The standard InChI is InChI=1S/C26H43NO4/c1-24-12-9-18(30-3)17-26(24,29)14-10-19-20(24)11-13-25(2)21(19)7-6-15-27(25)23(28)22-8-4-5-16-31-22/h18-22,29H,4-17H2,1-3H3/t18-,19+,20?,21-,22+,24+,25-,26+/m0/s1. The van der Waals surface area contributed by atoms with Crippen LogP contribution in [0.2, 0.25) is 0 Å². The van der Waals surface area contributed by atoms with Crippen LogP contribution in [0.1, 0.15) is 90.9 Å². The second kappa shape index (κ2) is 7.99. The number of amides is 1. The van der Waals surface area contributed by atoms with Gasteiger partial charge >= 0.3 is 0 Å². The highest BCUT2D eigenvalue weighted by Gasteiger charge is 2.64. The molecular weight excluding hydrogens is 390 g/mol. The SMILES string of the molecule is CO[C@H]1CC[C@]2(C)C3CC[C@@]4(C)[C@@H](CCCN4C(=O)[C@H]4CCCCO4)[C@@H]3CC[C@@]2(O)C1.